The average Bonchev–Trinajstić information content (AvgIpc) is 2.12. The van der Waals surface area contributed by atoms with Gasteiger partial charge < -0.3 is 20.3 Å². The molecule has 0 bridgehead atoms. The fourth-order valence-electron chi connectivity index (χ4n) is 0.843. The molecule has 1 amide bonds. The summed E-state index contributed by atoms with van der Waals surface area (Å²) in [4.78, 5) is 22.2. The summed E-state index contributed by atoms with van der Waals surface area (Å²) in [6.07, 6.45) is 0.425. The van der Waals surface area contributed by atoms with Crippen LogP contribution in [0.25, 0.3) is 0 Å². The maximum absolute atomic E-state index is 11.2. The molecule has 0 fully saturated rings. The van der Waals surface area contributed by atoms with Crippen molar-refractivity contribution in [1.82, 2.24) is 5.32 Å². The molecule has 1 unspecified atom stereocenters. The molecular formula is C10H17NO5. The van der Waals surface area contributed by atoms with Crippen LogP contribution in [-0.4, -0.2) is 40.0 Å². The molecule has 0 aromatic carbocycles. The van der Waals surface area contributed by atoms with Gasteiger partial charge in [0, 0.05) is 0 Å². The van der Waals surface area contributed by atoms with Gasteiger partial charge in [-0.15, -0.1) is 0 Å². The molecule has 6 nitrogen and oxygen atoms in total. The Morgan fingerprint density at radius 3 is 2.25 bits per heavy atom. The van der Waals surface area contributed by atoms with Crippen molar-refractivity contribution in [2.75, 3.05) is 6.61 Å². The highest BCUT2D eigenvalue weighted by Crippen LogP contribution is 2.21. The molecule has 0 spiro atoms. The largest absolute Gasteiger partial charge is 0.479 e. The van der Waals surface area contributed by atoms with E-state index in [1.54, 1.807) is 0 Å². The van der Waals surface area contributed by atoms with Crippen LogP contribution in [-0.2, 0) is 9.53 Å². The Hall–Kier alpha value is -1.56. The quantitative estimate of drug-likeness (QED) is 0.599. The summed E-state index contributed by atoms with van der Waals surface area (Å²) in [7, 11) is 0. The van der Waals surface area contributed by atoms with Crippen LogP contribution in [0.15, 0.2) is 12.7 Å². The molecule has 0 saturated heterocycles. The summed E-state index contributed by atoms with van der Waals surface area (Å²) in [6.45, 7) is 7.08. The maximum atomic E-state index is 11.2. The number of carboxylic acids is 1. The Bertz CT molecular complexity index is 294. The Kier molecular flexibility index (Phi) is 4.49. The molecule has 0 aliphatic carbocycles. The molecule has 0 aromatic heterocycles. The van der Waals surface area contributed by atoms with Crippen molar-refractivity contribution >= 4 is 12.1 Å². The van der Waals surface area contributed by atoms with Gasteiger partial charge in [-0.25, -0.2) is 9.59 Å². The van der Waals surface area contributed by atoms with E-state index in [9.17, 15) is 14.7 Å². The Labute approximate surface area is 93.9 Å². The smallest absolute Gasteiger partial charge is 0.408 e. The first kappa shape index (κ1) is 14.4. The molecule has 6 heteroatoms. The zero-order valence-corrected chi connectivity index (χ0v) is 9.61. The van der Waals surface area contributed by atoms with E-state index in [2.05, 4.69) is 16.6 Å². The summed E-state index contributed by atoms with van der Waals surface area (Å²) >= 11 is 0. The standard InChI is InChI=1S/C10H17NO5/c1-5-6-16-8(14)11-10(4,7(12)13)9(2,3)15/h5,15H,1,6H2,2-4H3,(H,11,14)(H,12,13). The van der Waals surface area contributed by atoms with Crippen LogP contribution in [0.5, 0.6) is 0 Å². The molecule has 0 radical (unpaired) electrons. The average molecular weight is 231 g/mol. The van der Waals surface area contributed by atoms with Gasteiger partial charge in [-0.3, -0.25) is 0 Å². The fourth-order valence-corrected chi connectivity index (χ4v) is 0.843. The second-order valence-corrected chi connectivity index (χ2v) is 4.00. The van der Waals surface area contributed by atoms with Crippen LogP contribution >= 0.6 is 0 Å². The van der Waals surface area contributed by atoms with Gasteiger partial charge in [0.2, 0.25) is 0 Å². The molecule has 0 saturated carbocycles. The molecule has 0 heterocycles. The van der Waals surface area contributed by atoms with Crippen molar-refractivity contribution in [1.29, 1.82) is 0 Å². The van der Waals surface area contributed by atoms with Crippen LogP contribution in [0.4, 0.5) is 4.79 Å². The lowest BCUT2D eigenvalue weighted by Gasteiger charge is -2.36. The highest BCUT2D eigenvalue weighted by molar-refractivity contribution is 5.85. The number of hydrogen-bond acceptors (Lipinski definition) is 4. The number of alkyl carbamates (subject to hydrolysis) is 1. The van der Waals surface area contributed by atoms with E-state index < -0.39 is 23.2 Å². The van der Waals surface area contributed by atoms with E-state index in [0.717, 1.165) is 0 Å². The van der Waals surface area contributed by atoms with Crippen molar-refractivity contribution in [2.45, 2.75) is 31.9 Å². The van der Waals surface area contributed by atoms with Gasteiger partial charge in [0.25, 0.3) is 0 Å². The van der Waals surface area contributed by atoms with Crippen LogP contribution in [0, 0.1) is 0 Å². The molecule has 1 atom stereocenters. The van der Waals surface area contributed by atoms with E-state index in [1.807, 2.05) is 0 Å². The first-order valence-electron chi connectivity index (χ1n) is 4.66. The summed E-state index contributed by atoms with van der Waals surface area (Å²) in [6, 6.07) is 0. The molecule has 0 aliphatic rings. The van der Waals surface area contributed by atoms with Crippen molar-refractivity contribution in [3.05, 3.63) is 12.7 Å². The first-order chi connectivity index (χ1) is 7.15. The Morgan fingerprint density at radius 2 is 1.94 bits per heavy atom. The number of hydrogen-bond donors (Lipinski definition) is 3. The van der Waals surface area contributed by atoms with Gasteiger partial charge >= 0.3 is 12.1 Å². The summed E-state index contributed by atoms with van der Waals surface area (Å²) in [5.74, 6) is -1.35. The third kappa shape index (κ3) is 3.23. The third-order valence-corrected chi connectivity index (χ3v) is 2.34. The number of ether oxygens (including phenoxy) is 1. The monoisotopic (exact) mass is 231 g/mol. The third-order valence-electron chi connectivity index (χ3n) is 2.34. The maximum Gasteiger partial charge on any atom is 0.408 e. The van der Waals surface area contributed by atoms with Gasteiger partial charge in [-0.2, -0.15) is 0 Å². The number of amides is 1. The predicted molar refractivity (Wildman–Crippen MR) is 57.0 cm³/mol. The summed E-state index contributed by atoms with van der Waals surface area (Å²) in [5, 5.41) is 20.8. The number of aliphatic carboxylic acids is 1. The highest BCUT2D eigenvalue weighted by atomic mass is 16.5. The minimum Gasteiger partial charge on any atom is -0.479 e. The number of carboxylic acid groups (broad SMARTS) is 1. The lowest BCUT2D eigenvalue weighted by molar-refractivity contribution is -0.154. The lowest BCUT2D eigenvalue weighted by atomic mass is 9.84. The zero-order valence-electron chi connectivity index (χ0n) is 9.61. The van der Waals surface area contributed by atoms with E-state index in [-0.39, 0.29) is 6.61 Å². The van der Waals surface area contributed by atoms with Gasteiger partial charge in [-0.1, -0.05) is 12.7 Å². The van der Waals surface area contributed by atoms with E-state index >= 15 is 0 Å². The molecular weight excluding hydrogens is 214 g/mol. The molecule has 0 aliphatic heterocycles. The van der Waals surface area contributed by atoms with Crippen molar-refractivity contribution in [2.24, 2.45) is 0 Å². The van der Waals surface area contributed by atoms with Crippen LogP contribution in [0.1, 0.15) is 20.8 Å². The number of carbonyl (C=O) groups excluding carboxylic acids is 1. The number of aliphatic hydroxyl groups is 1. The summed E-state index contributed by atoms with van der Waals surface area (Å²) < 4.78 is 4.59. The summed E-state index contributed by atoms with van der Waals surface area (Å²) in [5.41, 5.74) is -3.46. The second kappa shape index (κ2) is 4.98. The lowest BCUT2D eigenvalue weighted by Crippen LogP contribution is -2.64. The molecule has 16 heavy (non-hydrogen) atoms. The highest BCUT2D eigenvalue weighted by Gasteiger charge is 2.48. The van der Waals surface area contributed by atoms with Gasteiger partial charge in [0.05, 0.1) is 5.60 Å². The second-order valence-electron chi connectivity index (χ2n) is 4.00. The topological polar surface area (TPSA) is 95.9 Å². The number of rotatable bonds is 5. The van der Waals surface area contributed by atoms with E-state index in [1.165, 1.54) is 26.8 Å². The first-order valence-corrected chi connectivity index (χ1v) is 4.66. The van der Waals surface area contributed by atoms with E-state index in [4.69, 9.17) is 5.11 Å². The van der Waals surface area contributed by atoms with Crippen molar-refractivity contribution in [3.8, 4) is 0 Å². The molecule has 0 rings (SSSR count). The minimum absolute atomic E-state index is 0.0343. The van der Waals surface area contributed by atoms with Gasteiger partial charge in [0.1, 0.15) is 6.61 Å². The van der Waals surface area contributed by atoms with Crippen LogP contribution in [0.2, 0.25) is 0 Å². The Morgan fingerprint density at radius 1 is 1.44 bits per heavy atom. The van der Waals surface area contributed by atoms with Crippen LogP contribution in [0.3, 0.4) is 0 Å². The minimum atomic E-state index is -1.83. The predicted octanol–water partition coefficient (Wildman–Crippen LogP) is 0.513. The van der Waals surface area contributed by atoms with E-state index in [0.29, 0.717) is 0 Å². The number of nitrogens with one attached hydrogen (secondary N) is 1. The SMILES string of the molecule is C=CCOC(=O)NC(C)(C(=O)O)C(C)(C)O. The fraction of sp³-hybridized carbons (Fsp3) is 0.600. The normalized spacial score (nSPS) is 14.8. The number of carbonyl (C=O) groups is 2. The zero-order chi connectivity index (χ0) is 13.0. The molecule has 0 aromatic rings. The molecule has 92 valence electrons. The van der Waals surface area contributed by atoms with Crippen molar-refractivity contribution in [3.63, 3.8) is 0 Å². The van der Waals surface area contributed by atoms with Crippen LogP contribution < -0.4 is 5.32 Å². The van der Waals surface area contributed by atoms with Crippen molar-refractivity contribution < 1.29 is 24.5 Å². The molecule has 3 N–H and O–H groups in total. The van der Waals surface area contributed by atoms with Gasteiger partial charge in [0.15, 0.2) is 5.54 Å². The van der Waals surface area contributed by atoms with Gasteiger partial charge in [-0.05, 0) is 20.8 Å². The Balaban J connectivity index is 4.77.